The third kappa shape index (κ3) is 3.82. The number of hydrogen-bond donors (Lipinski definition) is 1. The highest BCUT2D eigenvalue weighted by Crippen LogP contribution is 2.43. The van der Waals surface area contributed by atoms with Crippen molar-refractivity contribution < 1.29 is 22.7 Å². The summed E-state index contributed by atoms with van der Waals surface area (Å²) in [5, 5.41) is 6.59. The van der Waals surface area contributed by atoms with Gasteiger partial charge >= 0.3 is 6.18 Å². The topological polar surface area (TPSA) is 64.1 Å². The first-order valence-electron chi connectivity index (χ1n) is 8.87. The Morgan fingerprint density at radius 2 is 1.97 bits per heavy atom. The van der Waals surface area contributed by atoms with Crippen molar-refractivity contribution in [3.8, 4) is 16.9 Å². The Morgan fingerprint density at radius 3 is 2.69 bits per heavy atom. The summed E-state index contributed by atoms with van der Waals surface area (Å²) < 4.78 is 50.0. The lowest BCUT2D eigenvalue weighted by Gasteiger charge is -2.16. The number of rotatable bonds is 4. The average Bonchev–Trinajstić information content (AvgIpc) is 3.31. The Hall–Kier alpha value is -2.94. The van der Waals surface area contributed by atoms with E-state index in [-0.39, 0.29) is 24.1 Å². The van der Waals surface area contributed by atoms with Gasteiger partial charge in [0.25, 0.3) is 5.91 Å². The minimum Gasteiger partial charge on any atom is -0.487 e. The highest BCUT2D eigenvalue weighted by Gasteiger charge is 2.35. The number of benzene rings is 2. The lowest BCUT2D eigenvalue weighted by atomic mass is 9.96. The van der Waals surface area contributed by atoms with Gasteiger partial charge in [0.2, 0.25) is 0 Å². The van der Waals surface area contributed by atoms with Crippen molar-refractivity contribution in [2.24, 2.45) is 0 Å². The van der Waals surface area contributed by atoms with Gasteiger partial charge in [0.1, 0.15) is 16.7 Å². The molecule has 0 fully saturated rings. The molecule has 4 rings (SSSR count). The molecule has 1 aromatic heterocycles. The first kappa shape index (κ1) is 19.4. The lowest BCUT2D eigenvalue weighted by Crippen LogP contribution is -2.34. The van der Waals surface area contributed by atoms with Gasteiger partial charge in [0.15, 0.2) is 0 Å². The number of carbonyl (C=O) groups is 1. The monoisotopic (exact) mass is 419 g/mol. The van der Waals surface area contributed by atoms with Crippen LogP contribution in [0.25, 0.3) is 11.1 Å². The van der Waals surface area contributed by atoms with Gasteiger partial charge in [-0.1, -0.05) is 40.9 Å². The van der Waals surface area contributed by atoms with Gasteiger partial charge in [-0.25, -0.2) is 0 Å². The van der Waals surface area contributed by atoms with Crippen LogP contribution in [0.4, 0.5) is 13.2 Å². The Balaban J connectivity index is 1.55. The molecule has 0 unspecified atom stereocenters. The number of amides is 1. The van der Waals surface area contributed by atoms with Gasteiger partial charge in [0, 0.05) is 12.0 Å². The molecule has 1 aliphatic rings. The second-order valence-electron chi connectivity index (χ2n) is 6.68. The number of hydrogen-bond acceptors (Lipinski definition) is 5. The Kier molecular flexibility index (Phi) is 4.99. The molecular formula is C20H16F3N3O2S. The largest absolute Gasteiger partial charge is 0.487 e. The molecule has 0 saturated carbocycles. The molecule has 0 bridgehead atoms. The summed E-state index contributed by atoms with van der Waals surface area (Å²) in [6, 6.07) is 10.6. The summed E-state index contributed by atoms with van der Waals surface area (Å²) in [5.74, 6) is 0.138. The third-order valence-corrected chi connectivity index (χ3v) is 5.53. The Labute approximate surface area is 168 Å². The number of nitrogens with one attached hydrogen (secondary N) is 1. The molecule has 9 heteroatoms. The zero-order valence-electron chi connectivity index (χ0n) is 15.3. The molecule has 1 atom stereocenters. The predicted octanol–water partition coefficient (Wildman–Crippen LogP) is 4.27. The molecule has 29 heavy (non-hydrogen) atoms. The van der Waals surface area contributed by atoms with Crippen LogP contribution in [0.3, 0.4) is 0 Å². The number of alkyl halides is 3. The van der Waals surface area contributed by atoms with E-state index in [1.807, 2.05) is 6.07 Å². The zero-order valence-corrected chi connectivity index (χ0v) is 16.1. The number of ether oxygens (including phenoxy) is 1. The highest BCUT2D eigenvalue weighted by molar-refractivity contribution is 7.08. The van der Waals surface area contributed by atoms with E-state index in [1.54, 1.807) is 25.1 Å². The van der Waals surface area contributed by atoms with Crippen LogP contribution in [0, 0.1) is 6.92 Å². The molecule has 2 aromatic carbocycles. The number of fused-ring (bicyclic) bond motifs is 1. The van der Waals surface area contributed by atoms with Crippen molar-refractivity contribution in [2.75, 3.05) is 6.54 Å². The number of carbonyl (C=O) groups excluding carboxylic acids is 1. The maximum atomic E-state index is 13.4. The molecule has 2 heterocycles. The number of nitrogens with zero attached hydrogens (tertiary/aromatic N) is 2. The van der Waals surface area contributed by atoms with Crippen molar-refractivity contribution in [3.05, 3.63) is 64.2 Å². The fourth-order valence-electron chi connectivity index (χ4n) is 3.36. The van der Waals surface area contributed by atoms with E-state index in [0.29, 0.717) is 28.3 Å². The van der Waals surface area contributed by atoms with Crippen LogP contribution in [-0.2, 0) is 12.6 Å². The first-order chi connectivity index (χ1) is 13.8. The van der Waals surface area contributed by atoms with Gasteiger partial charge in [-0.3, -0.25) is 4.79 Å². The van der Waals surface area contributed by atoms with Crippen molar-refractivity contribution >= 4 is 17.4 Å². The smallest absolute Gasteiger partial charge is 0.417 e. The molecule has 0 saturated heterocycles. The van der Waals surface area contributed by atoms with E-state index in [9.17, 15) is 18.0 Å². The summed E-state index contributed by atoms with van der Waals surface area (Å²) in [5.41, 5.74) is 1.13. The molecule has 0 spiro atoms. The van der Waals surface area contributed by atoms with Crippen LogP contribution >= 0.6 is 11.5 Å². The van der Waals surface area contributed by atoms with Crippen molar-refractivity contribution in [3.63, 3.8) is 0 Å². The number of halogens is 3. The minimum atomic E-state index is -4.47. The molecule has 150 valence electrons. The number of para-hydroxylation sites is 1. The Bertz CT molecular complexity index is 1070. The zero-order chi connectivity index (χ0) is 20.6. The van der Waals surface area contributed by atoms with E-state index >= 15 is 0 Å². The fraction of sp³-hybridized carbons (Fsp3) is 0.250. The van der Waals surface area contributed by atoms with Crippen LogP contribution in [0.1, 0.15) is 26.5 Å². The lowest BCUT2D eigenvalue weighted by molar-refractivity contribution is -0.137. The van der Waals surface area contributed by atoms with Crippen molar-refractivity contribution in [1.82, 2.24) is 14.9 Å². The standard InChI is InChI=1S/C20H16F3N3O2S/c1-11-18(29-26-25-11)19(27)24-10-13-9-12-5-4-7-15(17(12)28-13)14-6-2-3-8-16(14)20(21,22)23/h2-8,13H,9-10H2,1H3,(H,24,27)/t13-/m1/s1. The average molecular weight is 419 g/mol. The minimum absolute atomic E-state index is 0.0768. The van der Waals surface area contributed by atoms with Gasteiger partial charge in [-0.2, -0.15) is 13.2 Å². The maximum Gasteiger partial charge on any atom is 0.417 e. The van der Waals surface area contributed by atoms with Crippen LogP contribution in [-0.4, -0.2) is 28.1 Å². The Morgan fingerprint density at radius 1 is 1.21 bits per heavy atom. The van der Waals surface area contributed by atoms with E-state index < -0.39 is 11.7 Å². The van der Waals surface area contributed by atoms with Crippen molar-refractivity contribution in [1.29, 1.82) is 0 Å². The van der Waals surface area contributed by atoms with Crippen LogP contribution in [0.2, 0.25) is 0 Å². The molecule has 5 nitrogen and oxygen atoms in total. The van der Waals surface area contributed by atoms with Crippen LogP contribution < -0.4 is 10.1 Å². The molecule has 0 radical (unpaired) electrons. The SMILES string of the molecule is Cc1nnsc1C(=O)NC[C@H]1Cc2cccc(-c3ccccc3C(F)(F)F)c2O1. The van der Waals surface area contributed by atoms with Crippen LogP contribution in [0.5, 0.6) is 5.75 Å². The second-order valence-corrected chi connectivity index (χ2v) is 7.43. The molecule has 0 aliphatic carbocycles. The molecule has 1 amide bonds. The van der Waals surface area contributed by atoms with Crippen molar-refractivity contribution in [2.45, 2.75) is 25.6 Å². The third-order valence-electron chi connectivity index (χ3n) is 4.70. The summed E-state index contributed by atoms with van der Waals surface area (Å²) in [4.78, 5) is 12.7. The molecule has 1 aliphatic heterocycles. The molecule has 3 aromatic rings. The summed E-state index contributed by atoms with van der Waals surface area (Å²) >= 11 is 1.01. The van der Waals surface area contributed by atoms with E-state index in [0.717, 1.165) is 23.2 Å². The second kappa shape index (κ2) is 7.47. The van der Waals surface area contributed by atoms with Gasteiger partial charge in [-0.15, -0.1) is 5.10 Å². The molecular weight excluding hydrogens is 403 g/mol. The maximum absolute atomic E-state index is 13.4. The fourth-order valence-corrected chi connectivity index (χ4v) is 3.93. The van der Waals surface area contributed by atoms with E-state index in [2.05, 4.69) is 14.9 Å². The van der Waals surface area contributed by atoms with Gasteiger partial charge in [-0.05, 0) is 35.6 Å². The quantitative estimate of drug-likeness (QED) is 0.686. The first-order valence-corrected chi connectivity index (χ1v) is 9.64. The number of aryl methyl sites for hydroxylation is 1. The number of aromatic nitrogens is 2. The van der Waals surface area contributed by atoms with Gasteiger partial charge < -0.3 is 10.1 Å². The van der Waals surface area contributed by atoms with Crippen LogP contribution in [0.15, 0.2) is 42.5 Å². The summed E-state index contributed by atoms with van der Waals surface area (Å²) in [6.07, 6.45) is -4.34. The summed E-state index contributed by atoms with van der Waals surface area (Å²) in [6.45, 7) is 1.93. The van der Waals surface area contributed by atoms with Gasteiger partial charge in [0.05, 0.1) is 17.8 Å². The highest BCUT2D eigenvalue weighted by atomic mass is 32.1. The van der Waals surface area contributed by atoms with E-state index in [1.165, 1.54) is 12.1 Å². The normalized spacial score (nSPS) is 15.7. The molecule has 1 N–H and O–H groups in total. The summed E-state index contributed by atoms with van der Waals surface area (Å²) in [7, 11) is 0. The van der Waals surface area contributed by atoms with E-state index in [4.69, 9.17) is 4.74 Å². The predicted molar refractivity (Wildman–Crippen MR) is 102 cm³/mol.